The van der Waals surface area contributed by atoms with Crippen molar-refractivity contribution in [1.82, 2.24) is 0 Å². The van der Waals surface area contributed by atoms with Crippen molar-refractivity contribution in [2.24, 2.45) is 0 Å². The van der Waals surface area contributed by atoms with Gasteiger partial charge in [-0.2, -0.15) is 0 Å². The van der Waals surface area contributed by atoms with Crippen LogP contribution in [0.5, 0.6) is 0 Å². The Labute approximate surface area is 88.9 Å². The highest BCUT2D eigenvalue weighted by Crippen LogP contribution is 2.32. The van der Waals surface area contributed by atoms with Crippen LogP contribution in [0.1, 0.15) is 20.7 Å². The lowest BCUT2D eigenvalue weighted by Crippen LogP contribution is -2.40. The van der Waals surface area contributed by atoms with Crippen molar-refractivity contribution < 1.29 is 24.2 Å². The SMILES string of the molecule is O=C1c2cc3ccoc3cc2C(=O)C1(O)O. The van der Waals surface area contributed by atoms with Gasteiger partial charge in [0.15, 0.2) is 0 Å². The zero-order valence-electron chi connectivity index (χ0n) is 7.93. The number of fused-ring (bicyclic) bond motifs is 2. The Hall–Kier alpha value is -1.98. The highest BCUT2D eigenvalue weighted by molar-refractivity contribution is 6.31. The number of carbonyl (C=O) groups is 2. The average Bonchev–Trinajstić information content (AvgIpc) is 2.76. The maximum absolute atomic E-state index is 11.5. The van der Waals surface area contributed by atoms with Crippen LogP contribution < -0.4 is 0 Å². The standard InChI is InChI=1S/C11H6O5/c12-9-6-3-5-1-2-16-8(5)4-7(6)10(13)11(9,14)15/h1-4,14-15H. The van der Waals surface area contributed by atoms with Gasteiger partial charge in [-0.3, -0.25) is 9.59 Å². The number of ketones is 2. The molecule has 1 aliphatic carbocycles. The Morgan fingerprint density at radius 3 is 2.38 bits per heavy atom. The van der Waals surface area contributed by atoms with Crippen molar-refractivity contribution in [2.45, 2.75) is 5.79 Å². The fraction of sp³-hybridized carbons (Fsp3) is 0.0909. The van der Waals surface area contributed by atoms with Crippen LogP contribution >= 0.6 is 0 Å². The number of aliphatic hydroxyl groups is 2. The van der Waals surface area contributed by atoms with Gasteiger partial charge < -0.3 is 14.6 Å². The molecule has 0 amide bonds. The molecule has 1 aromatic heterocycles. The molecule has 0 radical (unpaired) electrons. The van der Waals surface area contributed by atoms with E-state index in [4.69, 9.17) is 4.42 Å². The Kier molecular flexibility index (Phi) is 1.49. The lowest BCUT2D eigenvalue weighted by atomic mass is 10.1. The van der Waals surface area contributed by atoms with Crippen molar-refractivity contribution in [1.29, 1.82) is 0 Å². The molecule has 16 heavy (non-hydrogen) atoms. The summed E-state index contributed by atoms with van der Waals surface area (Å²) in [5, 5.41) is 19.3. The van der Waals surface area contributed by atoms with E-state index in [1.54, 1.807) is 6.07 Å². The molecule has 0 aliphatic heterocycles. The van der Waals surface area contributed by atoms with Gasteiger partial charge in [-0.15, -0.1) is 0 Å². The molecule has 80 valence electrons. The number of rotatable bonds is 0. The Morgan fingerprint density at radius 2 is 1.69 bits per heavy atom. The van der Waals surface area contributed by atoms with Crippen molar-refractivity contribution in [3.05, 3.63) is 35.6 Å². The van der Waals surface area contributed by atoms with Gasteiger partial charge in [0.25, 0.3) is 5.79 Å². The predicted octanol–water partition coefficient (Wildman–Crippen LogP) is 0.493. The summed E-state index contributed by atoms with van der Waals surface area (Å²) in [6.07, 6.45) is 1.43. The first-order valence-electron chi connectivity index (χ1n) is 4.57. The third-order valence-electron chi connectivity index (χ3n) is 2.72. The Morgan fingerprint density at radius 1 is 1.06 bits per heavy atom. The molecule has 0 fully saturated rings. The van der Waals surface area contributed by atoms with Gasteiger partial charge in [0, 0.05) is 16.5 Å². The first-order valence-corrected chi connectivity index (χ1v) is 4.57. The van der Waals surface area contributed by atoms with Gasteiger partial charge in [-0.05, 0) is 18.2 Å². The number of benzene rings is 1. The van der Waals surface area contributed by atoms with Crippen molar-refractivity contribution in [3.8, 4) is 0 Å². The van der Waals surface area contributed by atoms with Crippen molar-refractivity contribution in [2.75, 3.05) is 0 Å². The molecular formula is C11H6O5. The molecule has 2 N–H and O–H groups in total. The molecule has 1 heterocycles. The van der Waals surface area contributed by atoms with Crippen molar-refractivity contribution in [3.63, 3.8) is 0 Å². The lowest BCUT2D eigenvalue weighted by Gasteiger charge is -2.08. The second kappa shape index (κ2) is 2.58. The van der Waals surface area contributed by atoms with E-state index in [0.717, 1.165) is 0 Å². The van der Waals surface area contributed by atoms with Gasteiger partial charge in [0.2, 0.25) is 11.6 Å². The monoisotopic (exact) mass is 218 g/mol. The largest absolute Gasteiger partial charge is 0.464 e. The summed E-state index contributed by atoms with van der Waals surface area (Å²) < 4.78 is 5.07. The first-order chi connectivity index (χ1) is 7.51. The van der Waals surface area contributed by atoms with E-state index in [1.165, 1.54) is 18.4 Å². The molecule has 2 aromatic rings. The fourth-order valence-electron chi connectivity index (χ4n) is 1.86. The highest BCUT2D eigenvalue weighted by Gasteiger charge is 2.51. The van der Waals surface area contributed by atoms with Crippen LogP contribution in [0.2, 0.25) is 0 Å². The van der Waals surface area contributed by atoms with E-state index in [9.17, 15) is 19.8 Å². The molecule has 0 saturated carbocycles. The molecule has 3 rings (SSSR count). The summed E-state index contributed by atoms with van der Waals surface area (Å²) in [7, 11) is 0. The summed E-state index contributed by atoms with van der Waals surface area (Å²) >= 11 is 0. The molecule has 0 saturated heterocycles. The minimum absolute atomic E-state index is 0.0162. The van der Waals surface area contributed by atoms with E-state index in [0.29, 0.717) is 11.0 Å². The zero-order chi connectivity index (χ0) is 11.5. The number of Topliss-reactive ketones (excluding diaryl/α,β-unsaturated/α-hetero) is 2. The molecule has 0 unspecified atom stereocenters. The number of hydrogen-bond acceptors (Lipinski definition) is 5. The molecule has 1 aromatic carbocycles. The number of carbonyl (C=O) groups excluding carboxylic acids is 2. The first kappa shape index (κ1) is 9.26. The van der Waals surface area contributed by atoms with Gasteiger partial charge in [-0.1, -0.05) is 0 Å². The third kappa shape index (κ3) is 0.911. The molecule has 0 bridgehead atoms. The van der Waals surface area contributed by atoms with E-state index >= 15 is 0 Å². The maximum Gasteiger partial charge on any atom is 0.295 e. The summed E-state index contributed by atoms with van der Waals surface area (Å²) in [4.78, 5) is 23.1. The zero-order valence-corrected chi connectivity index (χ0v) is 7.93. The van der Waals surface area contributed by atoms with E-state index in [1.807, 2.05) is 0 Å². The average molecular weight is 218 g/mol. The smallest absolute Gasteiger partial charge is 0.295 e. The quantitative estimate of drug-likeness (QED) is 0.496. The van der Waals surface area contributed by atoms with Crippen LogP contribution in [0.4, 0.5) is 0 Å². The summed E-state index contributed by atoms with van der Waals surface area (Å²) in [6, 6.07) is 4.39. The topological polar surface area (TPSA) is 87.7 Å². The Bertz CT molecular complexity index is 583. The lowest BCUT2D eigenvalue weighted by molar-refractivity contribution is -0.0857. The minimum atomic E-state index is -2.93. The van der Waals surface area contributed by atoms with E-state index in [2.05, 4.69) is 0 Å². The van der Waals surface area contributed by atoms with Gasteiger partial charge >= 0.3 is 0 Å². The number of hydrogen-bond donors (Lipinski definition) is 2. The second-order valence-corrected chi connectivity index (χ2v) is 3.69. The summed E-state index contributed by atoms with van der Waals surface area (Å²) in [5.74, 6) is -4.93. The normalized spacial score (nSPS) is 18.1. The number of furan rings is 1. The summed E-state index contributed by atoms with van der Waals surface area (Å²) in [6.45, 7) is 0. The molecule has 5 heteroatoms. The predicted molar refractivity (Wildman–Crippen MR) is 52.0 cm³/mol. The van der Waals surface area contributed by atoms with Crippen LogP contribution in [0.3, 0.4) is 0 Å². The fourth-order valence-corrected chi connectivity index (χ4v) is 1.86. The molecule has 1 aliphatic rings. The van der Waals surface area contributed by atoms with Crippen LogP contribution in [-0.4, -0.2) is 27.6 Å². The second-order valence-electron chi connectivity index (χ2n) is 3.69. The molecule has 5 nitrogen and oxygen atoms in total. The molecular weight excluding hydrogens is 212 g/mol. The van der Waals surface area contributed by atoms with Crippen LogP contribution in [0, 0.1) is 0 Å². The van der Waals surface area contributed by atoms with E-state index < -0.39 is 17.4 Å². The van der Waals surface area contributed by atoms with Crippen LogP contribution in [0.15, 0.2) is 28.9 Å². The molecule has 0 spiro atoms. The third-order valence-corrected chi connectivity index (χ3v) is 2.72. The van der Waals surface area contributed by atoms with Gasteiger partial charge in [0.05, 0.1) is 6.26 Å². The Balaban J connectivity index is 2.38. The maximum atomic E-state index is 11.5. The van der Waals surface area contributed by atoms with Gasteiger partial charge in [0.1, 0.15) is 5.58 Å². The highest BCUT2D eigenvalue weighted by atomic mass is 16.5. The van der Waals surface area contributed by atoms with E-state index in [-0.39, 0.29) is 11.1 Å². The molecule has 0 atom stereocenters. The van der Waals surface area contributed by atoms with Crippen LogP contribution in [0.25, 0.3) is 11.0 Å². The van der Waals surface area contributed by atoms with Crippen LogP contribution in [-0.2, 0) is 0 Å². The minimum Gasteiger partial charge on any atom is -0.464 e. The van der Waals surface area contributed by atoms with Gasteiger partial charge in [-0.25, -0.2) is 0 Å². The van der Waals surface area contributed by atoms with Crippen molar-refractivity contribution >= 4 is 22.5 Å². The summed E-state index contributed by atoms with van der Waals surface area (Å²) in [5.41, 5.74) is 0.430.